The molecule has 2 aromatic rings. The minimum Gasteiger partial charge on any atom is -0.493 e. The van der Waals surface area contributed by atoms with Gasteiger partial charge in [0, 0.05) is 11.1 Å². The van der Waals surface area contributed by atoms with Crippen molar-refractivity contribution in [2.75, 3.05) is 6.61 Å². The van der Waals surface area contributed by atoms with Gasteiger partial charge in [0.2, 0.25) is 5.91 Å². The number of unbranched alkanes of at least 4 members (excludes halogenated alkanes) is 2. The topological polar surface area (TPSA) is 50.4 Å². The van der Waals surface area contributed by atoms with Gasteiger partial charge in [-0.15, -0.1) is 0 Å². The average molecular weight is 338 g/mol. The standard InChI is InChI=1S/C21H26N2O2/c1-4-5-8-13-25-18-12-11-15(16-9-6-7-10-17(16)18)14-19-21(2,3)20(24)23-22-19/h6-7,9-12,14,22H,4-5,8,13H2,1-3H3,(H,23,24)/b19-14-. The number of carbonyl (C=O) groups is 1. The van der Waals surface area contributed by atoms with Crippen molar-refractivity contribution < 1.29 is 9.53 Å². The summed E-state index contributed by atoms with van der Waals surface area (Å²) in [5, 5.41) is 2.23. The zero-order valence-electron chi connectivity index (χ0n) is 15.2. The number of rotatable bonds is 6. The number of fused-ring (bicyclic) bond motifs is 1. The number of carbonyl (C=O) groups excluding carboxylic acids is 1. The Balaban J connectivity index is 1.94. The molecule has 1 saturated heterocycles. The highest BCUT2D eigenvalue weighted by molar-refractivity contribution is 5.96. The second-order valence-corrected chi connectivity index (χ2v) is 7.02. The van der Waals surface area contributed by atoms with E-state index in [1.165, 1.54) is 12.8 Å². The molecular formula is C21H26N2O2. The van der Waals surface area contributed by atoms with E-state index in [-0.39, 0.29) is 5.91 Å². The Bertz CT molecular complexity index is 809. The Morgan fingerprint density at radius 1 is 1.04 bits per heavy atom. The summed E-state index contributed by atoms with van der Waals surface area (Å²) in [6.07, 6.45) is 5.49. The number of hydrogen-bond donors (Lipinski definition) is 2. The van der Waals surface area contributed by atoms with Gasteiger partial charge in [0.15, 0.2) is 0 Å². The lowest BCUT2D eigenvalue weighted by atomic mass is 9.88. The van der Waals surface area contributed by atoms with E-state index in [9.17, 15) is 4.79 Å². The van der Waals surface area contributed by atoms with Crippen LogP contribution in [0.4, 0.5) is 0 Å². The molecule has 0 saturated carbocycles. The van der Waals surface area contributed by atoms with Gasteiger partial charge in [0.1, 0.15) is 5.75 Å². The van der Waals surface area contributed by atoms with E-state index >= 15 is 0 Å². The monoisotopic (exact) mass is 338 g/mol. The molecule has 4 nitrogen and oxygen atoms in total. The number of nitrogens with one attached hydrogen (secondary N) is 2. The van der Waals surface area contributed by atoms with Crippen LogP contribution < -0.4 is 15.6 Å². The van der Waals surface area contributed by atoms with Gasteiger partial charge in [-0.25, -0.2) is 0 Å². The van der Waals surface area contributed by atoms with E-state index in [2.05, 4.69) is 36.0 Å². The zero-order valence-corrected chi connectivity index (χ0v) is 15.2. The molecule has 0 atom stereocenters. The summed E-state index contributed by atoms with van der Waals surface area (Å²) in [6.45, 7) is 6.77. The van der Waals surface area contributed by atoms with Crippen molar-refractivity contribution in [3.63, 3.8) is 0 Å². The molecule has 3 rings (SSSR count). The van der Waals surface area contributed by atoms with Crippen LogP contribution in [-0.4, -0.2) is 12.5 Å². The summed E-state index contributed by atoms with van der Waals surface area (Å²) in [4.78, 5) is 12.0. The van der Waals surface area contributed by atoms with Gasteiger partial charge < -0.3 is 10.2 Å². The molecule has 132 valence electrons. The summed E-state index contributed by atoms with van der Waals surface area (Å²) in [5.41, 5.74) is 7.09. The van der Waals surface area contributed by atoms with E-state index in [0.29, 0.717) is 0 Å². The molecule has 1 amide bonds. The molecule has 0 aromatic heterocycles. The predicted octanol–water partition coefficient (Wildman–Crippen LogP) is 4.41. The maximum absolute atomic E-state index is 12.0. The molecule has 2 N–H and O–H groups in total. The Labute approximate surface area is 149 Å². The van der Waals surface area contributed by atoms with Crippen LogP contribution in [0.15, 0.2) is 42.1 Å². The van der Waals surface area contributed by atoms with Crippen molar-refractivity contribution in [2.24, 2.45) is 5.41 Å². The predicted molar refractivity (Wildman–Crippen MR) is 102 cm³/mol. The SMILES string of the molecule is CCCCCOc1ccc(/C=C2\NNC(=O)C2(C)C)c2ccccc12. The highest BCUT2D eigenvalue weighted by Crippen LogP contribution is 2.34. The molecule has 0 radical (unpaired) electrons. The highest BCUT2D eigenvalue weighted by atomic mass is 16.5. The third-order valence-electron chi connectivity index (χ3n) is 4.77. The maximum Gasteiger partial charge on any atom is 0.249 e. The molecule has 25 heavy (non-hydrogen) atoms. The van der Waals surface area contributed by atoms with Crippen molar-refractivity contribution in [3.05, 3.63) is 47.7 Å². The Kier molecular flexibility index (Phi) is 4.98. The zero-order chi connectivity index (χ0) is 17.9. The van der Waals surface area contributed by atoms with Crippen molar-refractivity contribution in [3.8, 4) is 5.75 Å². The third kappa shape index (κ3) is 3.48. The summed E-state index contributed by atoms with van der Waals surface area (Å²) in [5.74, 6) is 0.903. The van der Waals surface area contributed by atoms with Crippen LogP contribution in [0.5, 0.6) is 5.75 Å². The number of benzene rings is 2. The average Bonchev–Trinajstić information content (AvgIpc) is 2.87. The molecule has 1 heterocycles. The molecule has 2 aromatic carbocycles. The van der Waals surface area contributed by atoms with Crippen LogP contribution in [0.3, 0.4) is 0 Å². The first-order valence-electron chi connectivity index (χ1n) is 8.97. The number of ether oxygens (including phenoxy) is 1. The van der Waals surface area contributed by atoms with E-state index in [0.717, 1.165) is 40.8 Å². The fourth-order valence-corrected chi connectivity index (χ4v) is 3.01. The first-order valence-corrected chi connectivity index (χ1v) is 8.97. The number of hydrazine groups is 1. The van der Waals surface area contributed by atoms with Gasteiger partial charge in [-0.05, 0) is 43.4 Å². The molecule has 0 spiro atoms. The van der Waals surface area contributed by atoms with E-state index in [1.807, 2.05) is 38.1 Å². The lowest BCUT2D eigenvalue weighted by molar-refractivity contribution is -0.125. The molecule has 1 fully saturated rings. The first kappa shape index (κ1) is 17.3. The van der Waals surface area contributed by atoms with Crippen LogP contribution in [0.2, 0.25) is 0 Å². The second kappa shape index (κ2) is 7.18. The quantitative estimate of drug-likeness (QED) is 0.767. The molecule has 0 aliphatic carbocycles. The molecule has 4 heteroatoms. The first-order chi connectivity index (χ1) is 12.0. The lowest BCUT2D eigenvalue weighted by Gasteiger charge is -2.16. The Hall–Kier alpha value is -2.49. The molecule has 1 aliphatic rings. The van der Waals surface area contributed by atoms with Crippen molar-refractivity contribution in [1.82, 2.24) is 10.9 Å². The smallest absolute Gasteiger partial charge is 0.249 e. The molecule has 0 bridgehead atoms. The van der Waals surface area contributed by atoms with Crippen LogP contribution in [0, 0.1) is 5.41 Å². The van der Waals surface area contributed by atoms with E-state index < -0.39 is 5.41 Å². The van der Waals surface area contributed by atoms with Crippen LogP contribution in [-0.2, 0) is 4.79 Å². The largest absolute Gasteiger partial charge is 0.493 e. The Morgan fingerprint density at radius 2 is 1.80 bits per heavy atom. The number of hydrogen-bond acceptors (Lipinski definition) is 3. The van der Waals surface area contributed by atoms with Crippen molar-refractivity contribution >= 4 is 22.8 Å². The molecule has 0 unspecified atom stereocenters. The van der Waals surface area contributed by atoms with E-state index in [4.69, 9.17) is 4.74 Å². The summed E-state index contributed by atoms with van der Waals surface area (Å²) < 4.78 is 6.00. The summed E-state index contributed by atoms with van der Waals surface area (Å²) >= 11 is 0. The lowest BCUT2D eigenvalue weighted by Crippen LogP contribution is -2.28. The Morgan fingerprint density at radius 3 is 2.48 bits per heavy atom. The van der Waals surface area contributed by atoms with Crippen LogP contribution >= 0.6 is 0 Å². The minimum atomic E-state index is -0.559. The van der Waals surface area contributed by atoms with Gasteiger partial charge in [0.05, 0.1) is 12.0 Å². The molecule has 1 aliphatic heterocycles. The number of amides is 1. The van der Waals surface area contributed by atoms with Crippen molar-refractivity contribution in [2.45, 2.75) is 40.0 Å². The van der Waals surface area contributed by atoms with Gasteiger partial charge in [-0.3, -0.25) is 10.2 Å². The normalized spacial score (nSPS) is 17.6. The van der Waals surface area contributed by atoms with Crippen LogP contribution in [0.1, 0.15) is 45.6 Å². The van der Waals surface area contributed by atoms with Gasteiger partial charge in [-0.1, -0.05) is 50.1 Å². The molecular weight excluding hydrogens is 312 g/mol. The van der Waals surface area contributed by atoms with Gasteiger partial charge >= 0.3 is 0 Å². The fourth-order valence-electron chi connectivity index (χ4n) is 3.01. The second-order valence-electron chi connectivity index (χ2n) is 7.02. The van der Waals surface area contributed by atoms with E-state index in [1.54, 1.807) is 0 Å². The fraction of sp³-hybridized carbons (Fsp3) is 0.381. The van der Waals surface area contributed by atoms with Crippen molar-refractivity contribution in [1.29, 1.82) is 0 Å². The van der Waals surface area contributed by atoms with Gasteiger partial charge in [0.25, 0.3) is 0 Å². The third-order valence-corrected chi connectivity index (χ3v) is 4.77. The van der Waals surface area contributed by atoms with Crippen LogP contribution in [0.25, 0.3) is 16.8 Å². The summed E-state index contributed by atoms with van der Waals surface area (Å²) in [7, 11) is 0. The van der Waals surface area contributed by atoms with Gasteiger partial charge in [-0.2, -0.15) is 0 Å². The highest BCUT2D eigenvalue weighted by Gasteiger charge is 2.37. The maximum atomic E-state index is 12.0. The summed E-state index contributed by atoms with van der Waals surface area (Å²) in [6, 6.07) is 12.3. The minimum absolute atomic E-state index is 0.0149.